The van der Waals surface area contributed by atoms with Crippen LogP contribution in [-0.2, 0) is 22.4 Å². The molecule has 2 N–H and O–H groups in total. The average molecular weight is 234 g/mol. The van der Waals surface area contributed by atoms with E-state index in [2.05, 4.69) is 0 Å². The Morgan fingerprint density at radius 3 is 2.29 bits per heavy atom. The number of hydrogen-bond donors (Lipinski definition) is 2. The van der Waals surface area contributed by atoms with Crippen molar-refractivity contribution in [1.82, 2.24) is 0 Å². The van der Waals surface area contributed by atoms with Gasteiger partial charge in [-0.1, -0.05) is 18.2 Å². The Morgan fingerprint density at radius 1 is 1.12 bits per heavy atom. The third-order valence-corrected chi connectivity index (χ3v) is 2.92. The van der Waals surface area contributed by atoms with Gasteiger partial charge in [-0.2, -0.15) is 0 Å². The monoisotopic (exact) mass is 234 g/mol. The average Bonchev–Trinajstić information content (AvgIpc) is 3.02. The number of carbonyl (C=O) groups is 2. The Morgan fingerprint density at radius 2 is 1.76 bits per heavy atom. The number of carboxylic acids is 2. The molecule has 1 aliphatic rings. The topological polar surface area (TPSA) is 74.6 Å². The fourth-order valence-electron chi connectivity index (χ4n) is 2.03. The molecular formula is C13H14O4. The minimum absolute atomic E-state index is 0.00687. The van der Waals surface area contributed by atoms with Gasteiger partial charge in [-0.25, -0.2) is 0 Å². The summed E-state index contributed by atoms with van der Waals surface area (Å²) in [4.78, 5) is 21.4. The van der Waals surface area contributed by atoms with E-state index in [-0.39, 0.29) is 12.8 Å². The third-order valence-electron chi connectivity index (χ3n) is 2.92. The molecule has 0 aliphatic heterocycles. The van der Waals surface area contributed by atoms with Crippen LogP contribution < -0.4 is 0 Å². The maximum Gasteiger partial charge on any atom is 0.307 e. The van der Waals surface area contributed by atoms with Gasteiger partial charge in [0, 0.05) is 0 Å². The second kappa shape index (κ2) is 4.57. The first-order valence-electron chi connectivity index (χ1n) is 5.61. The van der Waals surface area contributed by atoms with Gasteiger partial charge >= 0.3 is 11.9 Å². The van der Waals surface area contributed by atoms with Gasteiger partial charge in [0.25, 0.3) is 0 Å². The van der Waals surface area contributed by atoms with E-state index in [0.29, 0.717) is 5.92 Å². The fourth-order valence-corrected chi connectivity index (χ4v) is 2.03. The molecule has 17 heavy (non-hydrogen) atoms. The molecule has 4 nitrogen and oxygen atoms in total. The number of rotatable bonds is 5. The summed E-state index contributed by atoms with van der Waals surface area (Å²) < 4.78 is 0. The Labute approximate surface area is 98.9 Å². The number of hydrogen-bond acceptors (Lipinski definition) is 2. The van der Waals surface area contributed by atoms with Crippen molar-refractivity contribution in [1.29, 1.82) is 0 Å². The van der Waals surface area contributed by atoms with Gasteiger partial charge < -0.3 is 10.2 Å². The molecule has 1 aliphatic carbocycles. The van der Waals surface area contributed by atoms with Crippen molar-refractivity contribution in [2.24, 2.45) is 0 Å². The summed E-state index contributed by atoms with van der Waals surface area (Å²) in [7, 11) is 0. The normalized spacial score (nSPS) is 14.6. The van der Waals surface area contributed by atoms with Crippen molar-refractivity contribution in [2.45, 2.75) is 31.6 Å². The summed E-state index contributed by atoms with van der Waals surface area (Å²) in [6.07, 6.45) is 2.15. The molecule has 0 bridgehead atoms. The summed E-state index contributed by atoms with van der Waals surface area (Å²) >= 11 is 0. The number of carboxylic acid groups (broad SMARTS) is 2. The molecule has 0 atom stereocenters. The van der Waals surface area contributed by atoms with Crippen LogP contribution in [0.15, 0.2) is 18.2 Å². The van der Waals surface area contributed by atoms with Crippen molar-refractivity contribution in [3.63, 3.8) is 0 Å². The van der Waals surface area contributed by atoms with E-state index >= 15 is 0 Å². The summed E-state index contributed by atoms with van der Waals surface area (Å²) in [5.41, 5.74) is 2.58. The predicted octanol–water partition coefficient (Wildman–Crippen LogP) is 1.82. The van der Waals surface area contributed by atoms with Crippen molar-refractivity contribution in [3.05, 3.63) is 34.9 Å². The lowest BCUT2D eigenvalue weighted by Gasteiger charge is -2.08. The minimum Gasteiger partial charge on any atom is -0.481 e. The molecule has 0 amide bonds. The highest BCUT2D eigenvalue weighted by molar-refractivity contribution is 5.72. The highest BCUT2D eigenvalue weighted by Gasteiger charge is 2.26. The molecule has 2 rings (SSSR count). The molecule has 1 aromatic carbocycles. The Bertz CT molecular complexity index is 460. The van der Waals surface area contributed by atoms with Crippen LogP contribution in [0.3, 0.4) is 0 Å². The standard InChI is InChI=1S/C13H14O4/c14-12(15)6-8-1-2-10(7-13(16)17)11(5-8)9-3-4-9/h1-2,5,9H,3-4,6-7H2,(H,14,15)(H,16,17). The van der Waals surface area contributed by atoms with Gasteiger partial charge in [-0.3, -0.25) is 9.59 Å². The van der Waals surface area contributed by atoms with E-state index in [1.807, 2.05) is 6.07 Å². The Kier molecular flexibility index (Phi) is 3.13. The van der Waals surface area contributed by atoms with Gasteiger partial charge in [-0.05, 0) is 35.4 Å². The summed E-state index contributed by atoms with van der Waals surface area (Å²) in [6.45, 7) is 0. The van der Waals surface area contributed by atoms with Crippen LogP contribution in [0.25, 0.3) is 0 Å². The Balaban J connectivity index is 2.27. The van der Waals surface area contributed by atoms with Crippen LogP contribution >= 0.6 is 0 Å². The van der Waals surface area contributed by atoms with E-state index in [1.54, 1.807) is 12.1 Å². The van der Waals surface area contributed by atoms with Crippen LogP contribution in [0, 0.1) is 0 Å². The zero-order valence-electron chi connectivity index (χ0n) is 9.35. The third kappa shape index (κ3) is 3.06. The second-order valence-corrected chi connectivity index (χ2v) is 4.45. The van der Waals surface area contributed by atoms with Crippen molar-refractivity contribution < 1.29 is 19.8 Å². The van der Waals surface area contributed by atoms with Gasteiger partial charge in [0.1, 0.15) is 0 Å². The van der Waals surface area contributed by atoms with Crippen LogP contribution in [0.2, 0.25) is 0 Å². The van der Waals surface area contributed by atoms with Crippen molar-refractivity contribution in [2.75, 3.05) is 0 Å². The highest BCUT2D eigenvalue weighted by Crippen LogP contribution is 2.42. The van der Waals surface area contributed by atoms with Crippen LogP contribution in [-0.4, -0.2) is 22.2 Å². The van der Waals surface area contributed by atoms with Gasteiger partial charge in [-0.15, -0.1) is 0 Å². The summed E-state index contributed by atoms with van der Waals surface area (Å²) in [5.74, 6) is -1.28. The van der Waals surface area contributed by atoms with Crippen LogP contribution in [0.1, 0.15) is 35.4 Å². The minimum atomic E-state index is -0.863. The lowest BCUT2D eigenvalue weighted by Crippen LogP contribution is -2.05. The summed E-state index contributed by atoms with van der Waals surface area (Å²) in [6, 6.07) is 5.31. The lowest BCUT2D eigenvalue weighted by atomic mass is 9.97. The molecule has 0 saturated heterocycles. The van der Waals surface area contributed by atoms with Crippen molar-refractivity contribution in [3.8, 4) is 0 Å². The smallest absolute Gasteiger partial charge is 0.307 e. The first kappa shape index (κ1) is 11.6. The number of aliphatic carboxylic acids is 2. The van der Waals surface area contributed by atoms with Crippen LogP contribution in [0.5, 0.6) is 0 Å². The van der Waals surface area contributed by atoms with E-state index in [0.717, 1.165) is 29.5 Å². The zero-order chi connectivity index (χ0) is 12.4. The Hall–Kier alpha value is -1.84. The number of benzene rings is 1. The van der Waals surface area contributed by atoms with Gasteiger partial charge in [0.2, 0.25) is 0 Å². The van der Waals surface area contributed by atoms with Gasteiger partial charge in [0.05, 0.1) is 12.8 Å². The van der Waals surface area contributed by atoms with Gasteiger partial charge in [0.15, 0.2) is 0 Å². The predicted molar refractivity (Wildman–Crippen MR) is 61.1 cm³/mol. The molecule has 0 spiro atoms. The van der Waals surface area contributed by atoms with Crippen molar-refractivity contribution >= 4 is 11.9 Å². The second-order valence-electron chi connectivity index (χ2n) is 4.45. The molecule has 1 fully saturated rings. The van der Waals surface area contributed by atoms with E-state index in [1.165, 1.54) is 0 Å². The first-order chi connectivity index (χ1) is 8.06. The molecular weight excluding hydrogens is 220 g/mol. The van der Waals surface area contributed by atoms with Crippen LogP contribution in [0.4, 0.5) is 0 Å². The maximum atomic E-state index is 10.7. The van der Waals surface area contributed by atoms with E-state index < -0.39 is 11.9 Å². The molecule has 90 valence electrons. The SMILES string of the molecule is O=C(O)Cc1ccc(CC(=O)O)c(C2CC2)c1. The molecule has 1 saturated carbocycles. The zero-order valence-corrected chi connectivity index (χ0v) is 9.35. The highest BCUT2D eigenvalue weighted by atomic mass is 16.4. The quantitative estimate of drug-likeness (QED) is 0.814. The van der Waals surface area contributed by atoms with E-state index in [9.17, 15) is 9.59 Å². The fraction of sp³-hybridized carbons (Fsp3) is 0.385. The molecule has 1 aromatic rings. The summed E-state index contributed by atoms with van der Waals surface area (Å²) in [5, 5.41) is 17.5. The molecule has 0 radical (unpaired) electrons. The molecule has 4 heteroatoms. The lowest BCUT2D eigenvalue weighted by molar-refractivity contribution is -0.137. The largest absolute Gasteiger partial charge is 0.481 e. The molecule has 0 heterocycles. The molecule has 0 unspecified atom stereocenters. The van der Waals surface area contributed by atoms with E-state index in [4.69, 9.17) is 10.2 Å². The first-order valence-corrected chi connectivity index (χ1v) is 5.61. The molecule has 0 aromatic heterocycles. The maximum absolute atomic E-state index is 10.7.